The van der Waals surface area contributed by atoms with E-state index < -0.39 is 5.97 Å². The van der Waals surface area contributed by atoms with Gasteiger partial charge in [-0.05, 0) is 49.4 Å². The third-order valence-corrected chi connectivity index (χ3v) is 5.09. The highest BCUT2D eigenvalue weighted by Crippen LogP contribution is 2.58. The Labute approximate surface area is 101 Å². The van der Waals surface area contributed by atoms with E-state index in [0.29, 0.717) is 5.92 Å². The molecule has 0 spiro atoms. The van der Waals surface area contributed by atoms with Crippen molar-refractivity contribution in [1.29, 1.82) is 0 Å². The topological polar surface area (TPSA) is 66.4 Å². The van der Waals surface area contributed by atoms with Gasteiger partial charge in [0.1, 0.15) is 6.42 Å². The molecule has 3 rings (SSSR count). The Morgan fingerprint density at radius 2 is 1.88 bits per heavy atom. The first-order chi connectivity index (χ1) is 8.15. The zero-order valence-corrected chi connectivity index (χ0v) is 9.89. The number of carboxylic acids is 1. The van der Waals surface area contributed by atoms with Crippen molar-refractivity contribution < 1.29 is 14.7 Å². The monoisotopic (exact) mass is 237 g/mol. The Morgan fingerprint density at radius 1 is 1.12 bits per heavy atom. The van der Waals surface area contributed by atoms with E-state index >= 15 is 0 Å². The quantitative estimate of drug-likeness (QED) is 0.729. The normalized spacial score (nSPS) is 42.5. The molecule has 94 valence electrons. The van der Waals surface area contributed by atoms with Crippen molar-refractivity contribution in [2.45, 2.75) is 44.6 Å². The minimum Gasteiger partial charge on any atom is -0.481 e. The molecule has 3 aliphatic carbocycles. The molecule has 0 aromatic heterocycles. The second kappa shape index (κ2) is 4.00. The molecule has 4 heteroatoms. The van der Waals surface area contributed by atoms with E-state index in [2.05, 4.69) is 5.32 Å². The lowest BCUT2D eigenvalue weighted by molar-refractivity contribution is -0.141. The van der Waals surface area contributed by atoms with Gasteiger partial charge in [-0.15, -0.1) is 0 Å². The third kappa shape index (κ3) is 1.83. The number of hydrogen-bond donors (Lipinski definition) is 2. The number of fused-ring (bicyclic) bond motifs is 5. The lowest BCUT2D eigenvalue weighted by Crippen LogP contribution is -2.43. The summed E-state index contributed by atoms with van der Waals surface area (Å²) in [6.07, 6.45) is 5.99. The third-order valence-electron chi connectivity index (χ3n) is 5.09. The van der Waals surface area contributed by atoms with Crippen molar-refractivity contribution in [2.24, 2.45) is 23.7 Å². The highest BCUT2D eigenvalue weighted by Gasteiger charge is 2.53. The van der Waals surface area contributed by atoms with Crippen LogP contribution in [0.3, 0.4) is 0 Å². The van der Waals surface area contributed by atoms with Crippen LogP contribution in [0.4, 0.5) is 0 Å². The van der Waals surface area contributed by atoms with E-state index in [9.17, 15) is 9.59 Å². The van der Waals surface area contributed by atoms with Gasteiger partial charge in [0, 0.05) is 6.04 Å². The Kier molecular flexibility index (Phi) is 2.60. The predicted molar refractivity (Wildman–Crippen MR) is 61.2 cm³/mol. The summed E-state index contributed by atoms with van der Waals surface area (Å²) in [7, 11) is 0. The molecule has 5 atom stereocenters. The largest absolute Gasteiger partial charge is 0.481 e. The standard InChI is InChI=1S/C13H19NO3/c15-12(6-13(16)17)14-11-5-7-4-10(11)9-3-1-2-8(7)9/h7-11H,1-6H2,(H,14,15)(H,16,17). The summed E-state index contributed by atoms with van der Waals surface area (Å²) < 4.78 is 0. The van der Waals surface area contributed by atoms with Gasteiger partial charge in [-0.2, -0.15) is 0 Å². The van der Waals surface area contributed by atoms with Crippen molar-refractivity contribution in [3.63, 3.8) is 0 Å². The van der Waals surface area contributed by atoms with E-state index in [1.54, 1.807) is 0 Å². The van der Waals surface area contributed by atoms with Gasteiger partial charge in [-0.25, -0.2) is 0 Å². The molecule has 0 saturated heterocycles. The van der Waals surface area contributed by atoms with Crippen molar-refractivity contribution in [1.82, 2.24) is 5.32 Å². The molecule has 0 aliphatic heterocycles. The van der Waals surface area contributed by atoms with Crippen LogP contribution in [-0.4, -0.2) is 23.0 Å². The SMILES string of the molecule is O=C(O)CC(=O)NC1CC2CC1C1CCCC21. The van der Waals surface area contributed by atoms with Crippen LogP contribution in [0.15, 0.2) is 0 Å². The van der Waals surface area contributed by atoms with Gasteiger partial charge in [0.05, 0.1) is 0 Å². The summed E-state index contributed by atoms with van der Waals surface area (Å²) in [6.45, 7) is 0. The fourth-order valence-electron chi connectivity index (χ4n) is 4.63. The summed E-state index contributed by atoms with van der Waals surface area (Å²) in [5, 5.41) is 11.5. The summed E-state index contributed by atoms with van der Waals surface area (Å²) in [5.74, 6) is 1.79. The Morgan fingerprint density at radius 3 is 2.65 bits per heavy atom. The molecular formula is C13H19NO3. The molecule has 5 unspecified atom stereocenters. The molecule has 3 fully saturated rings. The summed E-state index contributed by atoms with van der Waals surface area (Å²) in [4.78, 5) is 22.0. The number of nitrogens with one attached hydrogen (secondary N) is 1. The molecule has 0 radical (unpaired) electrons. The zero-order valence-electron chi connectivity index (χ0n) is 9.89. The Balaban J connectivity index is 1.60. The fourth-order valence-corrected chi connectivity index (χ4v) is 4.63. The van der Waals surface area contributed by atoms with Crippen molar-refractivity contribution in [2.75, 3.05) is 0 Å². The molecule has 2 N–H and O–H groups in total. The molecule has 4 nitrogen and oxygen atoms in total. The average Bonchev–Trinajstić information content (AvgIpc) is 2.83. The number of carboxylic acid groups (broad SMARTS) is 1. The average molecular weight is 237 g/mol. The van der Waals surface area contributed by atoms with Gasteiger partial charge in [0.15, 0.2) is 0 Å². The first kappa shape index (κ1) is 11.1. The lowest BCUT2D eigenvalue weighted by atomic mass is 9.79. The molecule has 2 bridgehead atoms. The minimum atomic E-state index is -1.04. The first-order valence-electron chi connectivity index (χ1n) is 6.66. The van der Waals surface area contributed by atoms with Crippen LogP contribution in [0, 0.1) is 23.7 Å². The number of amides is 1. The van der Waals surface area contributed by atoms with Crippen LogP contribution in [0.2, 0.25) is 0 Å². The fraction of sp³-hybridized carbons (Fsp3) is 0.846. The van der Waals surface area contributed by atoms with Crippen molar-refractivity contribution in [3.8, 4) is 0 Å². The summed E-state index contributed by atoms with van der Waals surface area (Å²) in [6, 6.07) is 0.256. The van der Waals surface area contributed by atoms with Gasteiger partial charge in [-0.3, -0.25) is 9.59 Å². The maximum absolute atomic E-state index is 11.5. The Bertz CT molecular complexity index is 355. The molecule has 3 aliphatic rings. The highest BCUT2D eigenvalue weighted by molar-refractivity contribution is 5.93. The number of aliphatic carboxylic acids is 1. The zero-order chi connectivity index (χ0) is 12.0. The molecule has 0 aromatic carbocycles. The number of carbonyl (C=O) groups is 2. The maximum atomic E-state index is 11.5. The van der Waals surface area contributed by atoms with Gasteiger partial charge < -0.3 is 10.4 Å². The predicted octanol–water partition coefficient (Wildman–Crippen LogP) is 1.40. The van der Waals surface area contributed by atoms with Crippen LogP contribution < -0.4 is 5.32 Å². The van der Waals surface area contributed by atoms with E-state index in [1.807, 2.05) is 0 Å². The van der Waals surface area contributed by atoms with Gasteiger partial charge in [0.2, 0.25) is 5.91 Å². The second-order valence-electron chi connectivity index (χ2n) is 5.90. The number of carbonyl (C=O) groups excluding carboxylic acids is 1. The number of hydrogen-bond acceptors (Lipinski definition) is 2. The lowest BCUT2D eigenvalue weighted by Gasteiger charge is -2.31. The van der Waals surface area contributed by atoms with Crippen LogP contribution >= 0.6 is 0 Å². The summed E-state index contributed by atoms with van der Waals surface area (Å²) >= 11 is 0. The molecule has 0 aromatic rings. The van der Waals surface area contributed by atoms with E-state index in [1.165, 1.54) is 25.7 Å². The molecule has 1 amide bonds. The summed E-state index contributed by atoms with van der Waals surface area (Å²) in [5.41, 5.74) is 0. The molecule has 0 heterocycles. The first-order valence-corrected chi connectivity index (χ1v) is 6.66. The van der Waals surface area contributed by atoms with Gasteiger partial charge in [-0.1, -0.05) is 6.42 Å². The molecular weight excluding hydrogens is 218 g/mol. The maximum Gasteiger partial charge on any atom is 0.312 e. The van der Waals surface area contributed by atoms with Crippen molar-refractivity contribution in [3.05, 3.63) is 0 Å². The van der Waals surface area contributed by atoms with Crippen molar-refractivity contribution >= 4 is 11.9 Å². The van der Waals surface area contributed by atoms with Gasteiger partial charge in [0.25, 0.3) is 0 Å². The smallest absolute Gasteiger partial charge is 0.312 e. The molecule has 3 saturated carbocycles. The van der Waals surface area contributed by atoms with Crippen LogP contribution in [0.5, 0.6) is 0 Å². The highest BCUT2D eigenvalue weighted by atomic mass is 16.4. The van der Waals surface area contributed by atoms with Crippen LogP contribution in [-0.2, 0) is 9.59 Å². The van der Waals surface area contributed by atoms with E-state index in [0.717, 1.165) is 24.2 Å². The second-order valence-corrected chi connectivity index (χ2v) is 5.90. The van der Waals surface area contributed by atoms with Gasteiger partial charge >= 0.3 is 5.97 Å². The van der Waals surface area contributed by atoms with E-state index in [4.69, 9.17) is 5.11 Å². The van der Waals surface area contributed by atoms with E-state index in [-0.39, 0.29) is 18.4 Å². The number of rotatable bonds is 3. The van der Waals surface area contributed by atoms with Crippen LogP contribution in [0.1, 0.15) is 38.5 Å². The Hall–Kier alpha value is -1.06. The molecule has 17 heavy (non-hydrogen) atoms. The van der Waals surface area contributed by atoms with Crippen LogP contribution in [0.25, 0.3) is 0 Å². The minimum absolute atomic E-state index is 0.256.